The Balaban J connectivity index is 1.78. The molecule has 2 heterocycles. The van der Waals surface area contributed by atoms with E-state index in [0.717, 1.165) is 21.2 Å². The Hall–Kier alpha value is -3.10. The number of fused-ring (bicyclic) bond motifs is 2. The van der Waals surface area contributed by atoms with Crippen molar-refractivity contribution >= 4 is 43.6 Å². The highest BCUT2D eigenvalue weighted by atomic mass is 32.1. The zero-order valence-electron chi connectivity index (χ0n) is 19.0. The third-order valence-electron chi connectivity index (χ3n) is 5.18. The van der Waals surface area contributed by atoms with Gasteiger partial charge in [0.1, 0.15) is 11.3 Å². The molecule has 2 aromatic carbocycles. The lowest BCUT2D eigenvalue weighted by Gasteiger charge is -2.20. The lowest BCUT2D eigenvalue weighted by molar-refractivity contribution is 0.0960. The molecule has 0 N–H and O–H groups in total. The molecule has 0 atom stereocenters. The van der Waals surface area contributed by atoms with E-state index < -0.39 is 0 Å². The smallest absolute Gasteiger partial charge is 0.295 e. The molecule has 0 saturated heterocycles. The first-order chi connectivity index (χ1) is 15.4. The minimum absolute atomic E-state index is 0.235. The summed E-state index contributed by atoms with van der Waals surface area (Å²) in [6.07, 6.45) is 0. The number of para-hydroxylation sites is 1. The first kappa shape index (κ1) is 22.1. The Morgan fingerprint density at radius 3 is 2.69 bits per heavy atom. The van der Waals surface area contributed by atoms with E-state index in [-0.39, 0.29) is 11.7 Å². The molecule has 7 nitrogen and oxygen atoms in total. The van der Waals surface area contributed by atoms with Crippen LogP contribution in [-0.4, -0.2) is 56.7 Å². The largest absolute Gasteiger partial charge is 0.494 e. The van der Waals surface area contributed by atoms with Crippen LogP contribution in [0.25, 0.3) is 21.2 Å². The van der Waals surface area contributed by atoms with Gasteiger partial charge in [-0.1, -0.05) is 29.5 Å². The van der Waals surface area contributed by atoms with Gasteiger partial charge in [0.15, 0.2) is 22.2 Å². The van der Waals surface area contributed by atoms with Gasteiger partial charge in [-0.3, -0.25) is 9.69 Å². The van der Waals surface area contributed by atoms with E-state index in [0.29, 0.717) is 41.9 Å². The zero-order valence-corrected chi connectivity index (χ0v) is 19.8. The summed E-state index contributed by atoms with van der Waals surface area (Å²) < 4.78 is 18.2. The van der Waals surface area contributed by atoms with Gasteiger partial charge in [0.05, 0.1) is 18.4 Å². The van der Waals surface area contributed by atoms with Crippen LogP contribution in [0.1, 0.15) is 23.0 Å². The van der Waals surface area contributed by atoms with Crippen LogP contribution in [0, 0.1) is 6.92 Å². The number of benzene rings is 2. The molecular weight excluding hydrogens is 426 g/mol. The molecule has 0 unspecified atom stereocenters. The van der Waals surface area contributed by atoms with Crippen LogP contribution in [0.3, 0.4) is 0 Å². The second-order valence-electron chi connectivity index (χ2n) is 7.74. The average molecular weight is 454 g/mol. The normalized spacial score (nSPS) is 11.4. The summed E-state index contributed by atoms with van der Waals surface area (Å²) in [6, 6.07) is 11.3. The molecule has 0 aliphatic carbocycles. The van der Waals surface area contributed by atoms with Crippen molar-refractivity contribution in [3.8, 4) is 11.5 Å². The molecule has 0 fully saturated rings. The number of methoxy groups -OCH3 is 1. The highest BCUT2D eigenvalue weighted by Gasteiger charge is 2.26. The summed E-state index contributed by atoms with van der Waals surface area (Å²) in [4.78, 5) is 22.1. The van der Waals surface area contributed by atoms with Crippen molar-refractivity contribution in [1.82, 2.24) is 9.88 Å². The van der Waals surface area contributed by atoms with Crippen molar-refractivity contribution in [2.45, 2.75) is 13.8 Å². The van der Waals surface area contributed by atoms with Gasteiger partial charge in [-0.15, -0.1) is 0 Å². The number of hydrogen-bond acceptors (Lipinski definition) is 7. The number of carbonyl (C=O) groups excluding carboxylic acids is 1. The number of anilines is 1. The van der Waals surface area contributed by atoms with Crippen LogP contribution in [0.2, 0.25) is 0 Å². The van der Waals surface area contributed by atoms with E-state index in [2.05, 4.69) is 0 Å². The molecule has 0 aliphatic rings. The first-order valence-electron chi connectivity index (χ1n) is 10.5. The number of furan rings is 1. The van der Waals surface area contributed by atoms with Crippen LogP contribution in [0.5, 0.6) is 11.5 Å². The fourth-order valence-corrected chi connectivity index (χ4v) is 4.58. The first-order valence-corrected chi connectivity index (χ1v) is 11.3. The van der Waals surface area contributed by atoms with Crippen molar-refractivity contribution < 1.29 is 18.7 Å². The molecule has 1 amide bonds. The molecule has 32 heavy (non-hydrogen) atoms. The molecule has 0 aliphatic heterocycles. The van der Waals surface area contributed by atoms with Crippen molar-refractivity contribution in [2.75, 3.05) is 45.8 Å². The number of ether oxygens (including phenoxy) is 2. The van der Waals surface area contributed by atoms with Crippen LogP contribution < -0.4 is 14.4 Å². The van der Waals surface area contributed by atoms with E-state index in [1.54, 1.807) is 18.1 Å². The van der Waals surface area contributed by atoms with Crippen molar-refractivity contribution in [3.05, 3.63) is 47.7 Å². The highest BCUT2D eigenvalue weighted by Crippen LogP contribution is 2.37. The SMILES string of the molecule is CCOc1cccc2cc(C(=O)N(CCN(C)C)c3nc4c(OC)ccc(C)c4s3)oc12. The number of likely N-dealkylation sites (N-methyl/N-ethyl adjacent to an activating group) is 1. The molecular formula is C24H27N3O4S. The highest BCUT2D eigenvalue weighted by molar-refractivity contribution is 7.22. The van der Waals surface area contributed by atoms with E-state index in [1.165, 1.54) is 11.3 Å². The van der Waals surface area contributed by atoms with Gasteiger partial charge in [0, 0.05) is 18.5 Å². The summed E-state index contributed by atoms with van der Waals surface area (Å²) in [5.41, 5.74) is 2.43. The molecule has 0 spiro atoms. The Labute approximate surface area is 191 Å². The van der Waals surface area contributed by atoms with Gasteiger partial charge in [0.2, 0.25) is 0 Å². The second kappa shape index (κ2) is 9.18. The van der Waals surface area contributed by atoms with Crippen LogP contribution in [0.4, 0.5) is 5.13 Å². The van der Waals surface area contributed by atoms with Gasteiger partial charge in [-0.05, 0) is 51.7 Å². The van der Waals surface area contributed by atoms with Crippen LogP contribution in [-0.2, 0) is 0 Å². The predicted molar refractivity (Wildman–Crippen MR) is 129 cm³/mol. The van der Waals surface area contributed by atoms with Crippen molar-refractivity contribution in [2.24, 2.45) is 0 Å². The van der Waals surface area contributed by atoms with E-state index in [9.17, 15) is 4.79 Å². The molecule has 0 bridgehead atoms. The molecule has 8 heteroatoms. The van der Waals surface area contributed by atoms with Gasteiger partial charge in [0.25, 0.3) is 5.91 Å². The van der Waals surface area contributed by atoms with Gasteiger partial charge < -0.3 is 18.8 Å². The average Bonchev–Trinajstić information content (AvgIpc) is 3.40. The summed E-state index contributed by atoms with van der Waals surface area (Å²) in [5.74, 6) is 1.34. The maximum atomic E-state index is 13.6. The Bertz CT molecular complexity index is 1260. The number of thiazole rings is 1. The number of amides is 1. The van der Waals surface area contributed by atoms with Crippen molar-refractivity contribution in [1.29, 1.82) is 0 Å². The number of rotatable bonds is 8. The molecule has 0 radical (unpaired) electrons. The monoisotopic (exact) mass is 453 g/mol. The second-order valence-corrected chi connectivity index (χ2v) is 8.71. The maximum absolute atomic E-state index is 13.6. The van der Waals surface area contributed by atoms with Gasteiger partial charge >= 0.3 is 0 Å². The fraction of sp³-hybridized carbons (Fsp3) is 0.333. The number of aromatic nitrogens is 1. The molecule has 2 aromatic heterocycles. The predicted octanol–water partition coefficient (Wildman–Crippen LogP) is 4.97. The van der Waals surface area contributed by atoms with Crippen LogP contribution in [0.15, 0.2) is 40.8 Å². The lowest BCUT2D eigenvalue weighted by atomic mass is 10.2. The number of aryl methyl sites for hydroxylation is 1. The third kappa shape index (κ3) is 4.16. The molecule has 4 rings (SSSR count). The molecule has 168 valence electrons. The zero-order chi connectivity index (χ0) is 22.8. The summed E-state index contributed by atoms with van der Waals surface area (Å²) >= 11 is 1.48. The Morgan fingerprint density at radius 1 is 1.16 bits per heavy atom. The minimum atomic E-state index is -0.235. The topological polar surface area (TPSA) is 68.0 Å². The summed E-state index contributed by atoms with van der Waals surface area (Å²) in [6.45, 7) is 5.62. The molecule has 0 saturated carbocycles. The quantitative estimate of drug-likeness (QED) is 0.375. The van der Waals surface area contributed by atoms with Crippen LogP contribution >= 0.6 is 11.3 Å². The Kier molecular flexibility index (Phi) is 6.34. The standard InChI is InChI=1S/C24H27N3O4S/c1-6-30-18-9-7-8-16-14-19(31-21(16)18)23(28)27(13-12-26(3)4)24-25-20-17(29-5)11-10-15(2)22(20)32-24/h7-11,14H,6,12-13H2,1-5H3. The maximum Gasteiger partial charge on any atom is 0.295 e. The third-order valence-corrected chi connectivity index (χ3v) is 6.39. The molecule has 4 aromatic rings. The van der Waals surface area contributed by atoms with E-state index >= 15 is 0 Å². The fourth-order valence-electron chi connectivity index (χ4n) is 3.51. The lowest BCUT2D eigenvalue weighted by Crippen LogP contribution is -2.36. The number of hydrogen-bond donors (Lipinski definition) is 0. The van der Waals surface area contributed by atoms with E-state index in [4.69, 9.17) is 18.9 Å². The minimum Gasteiger partial charge on any atom is -0.494 e. The summed E-state index contributed by atoms with van der Waals surface area (Å²) in [5, 5.41) is 1.44. The van der Waals surface area contributed by atoms with Crippen molar-refractivity contribution in [3.63, 3.8) is 0 Å². The van der Waals surface area contributed by atoms with E-state index in [1.807, 2.05) is 63.2 Å². The Morgan fingerprint density at radius 2 is 1.97 bits per heavy atom. The summed E-state index contributed by atoms with van der Waals surface area (Å²) in [7, 11) is 5.58. The van der Waals surface area contributed by atoms with Gasteiger partial charge in [-0.25, -0.2) is 4.98 Å². The number of carbonyl (C=O) groups is 1. The van der Waals surface area contributed by atoms with Gasteiger partial charge in [-0.2, -0.15) is 0 Å². The number of nitrogens with zero attached hydrogens (tertiary/aromatic N) is 3.